The second kappa shape index (κ2) is 7.49. The maximum Gasteiger partial charge on any atom is 0.231 e. The van der Waals surface area contributed by atoms with Crippen molar-refractivity contribution in [2.45, 2.75) is 26.6 Å². The lowest BCUT2D eigenvalue weighted by Gasteiger charge is -2.14. The van der Waals surface area contributed by atoms with E-state index in [9.17, 15) is 0 Å². The molecule has 3 rings (SSSR count). The van der Waals surface area contributed by atoms with Crippen LogP contribution in [0.2, 0.25) is 0 Å². The highest BCUT2D eigenvalue weighted by atomic mass is 16.7. The monoisotopic (exact) mass is 312 g/mol. The number of hydrogen-bond acceptors (Lipinski definition) is 4. The fourth-order valence-corrected chi connectivity index (χ4v) is 2.73. The van der Waals surface area contributed by atoms with Gasteiger partial charge in [0.1, 0.15) is 0 Å². The standard InChI is InChI=1S/C19H24N2O2/c1-3-21(2)13-16-7-4-6-15(10-16)11-20-12-17-8-5-9-18-19(17)23-14-22-18/h4-10,20H,3,11-14H2,1-2H3. The summed E-state index contributed by atoms with van der Waals surface area (Å²) in [6.07, 6.45) is 0. The number of nitrogens with one attached hydrogen (secondary N) is 1. The minimum Gasteiger partial charge on any atom is -0.454 e. The molecule has 0 fully saturated rings. The zero-order valence-corrected chi connectivity index (χ0v) is 13.8. The molecule has 2 aromatic carbocycles. The van der Waals surface area contributed by atoms with E-state index in [-0.39, 0.29) is 0 Å². The molecule has 0 amide bonds. The van der Waals surface area contributed by atoms with Crippen LogP contribution in [0.15, 0.2) is 42.5 Å². The minimum atomic E-state index is 0.319. The van der Waals surface area contributed by atoms with Crippen molar-refractivity contribution in [3.63, 3.8) is 0 Å². The normalized spacial score (nSPS) is 12.8. The smallest absolute Gasteiger partial charge is 0.231 e. The second-order valence-corrected chi connectivity index (χ2v) is 5.90. The Bertz CT molecular complexity index is 658. The van der Waals surface area contributed by atoms with Crippen molar-refractivity contribution < 1.29 is 9.47 Å². The van der Waals surface area contributed by atoms with Crippen LogP contribution in [0.1, 0.15) is 23.6 Å². The lowest BCUT2D eigenvalue weighted by molar-refractivity contribution is 0.173. The summed E-state index contributed by atoms with van der Waals surface area (Å²) in [4.78, 5) is 2.30. The molecule has 0 unspecified atom stereocenters. The summed E-state index contributed by atoms with van der Waals surface area (Å²) in [6.45, 7) is 6.15. The Balaban J connectivity index is 1.57. The lowest BCUT2D eigenvalue weighted by atomic mass is 10.1. The number of ether oxygens (including phenoxy) is 2. The number of rotatable bonds is 7. The Hall–Kier alpha value is -2.04. The third-order valence-electron chi connectivity index (χ3n) is 4.11. The molecule has 2 aromatic rings. The average molecular weight is 312 g/mol. The van der Waals surface area contributed by atoms with Gasteiger partial charge in [-0.25, -0.2) is 0 Å². The van der Waals surface area contributed by atoms with E-state index in [1.165, 1.54) is 11.1 Å². The molecule has 0 atom stereocenters. The first-order valence-electron chi connectivity index (χ1n) is 8.11. The van der Waals surface area contributed by atoms with E-state index < -0.39 is 0 Å². The molecular formula is C19H24N2O2. The molecule has 0 saturated heterocycles. The summed E-state index contributed by atoms with van der Waals surface area (Å²) in [5, 5.41) is 3.49. The van der Waals surface area contributed by atoms with Gasteiger partial charge in [-0.15, -0.1) is 0 Å². The van der Waals surface area contributed by atoms with E-state index in [0.717, 1.165) is 43.2 Å². The zero-order valence-electron chi connectivity index (χ0n) is 13.8. The third kappa shape index (κ3) is 4.03. The Morgan fingerprint density at radius 3 is 2.74 bits per heavy atom. The van der Waals surface area contributed by atoms with Crippen LogP contribution in [0, 0.1) is 0 Å². The molecule has 0 saturated carbocycles. The molecule has 1 aliphatic rings. The molecule has 0 radical (unpaired) electrons. The molecule has 0 spiro atoms. The number of para-hydroxylation sites is 1. The van der Waals surface area contributed by atoms with Gasteiger partial charge in [-0.3, -0.25) is 0 Å². The van der Waals surface area contributed by atoms with Gasteiger partial charge < -0.3 is 19.7 Å². The fourth-order valence-electron chi connectivity index (χ4n) is 2.73. The highest BCUT2D eigenvalue weighted by Crippen LogP contribution is 2.35. The van der Waals surface area contributed by atoms with Crippen LogP contribution >= 0.6 is 0 Å². The van der Waals surface area contributed by atoms with Gasteiger partial charge in [-0.1, -0.05) is 43.3 Å². The number of nitrogens with zero attached hydrogens (tertiary/aromatic N) is 1. The molecule has 0 aromatic heterocycles. The first-order chi connectivity index (χ1) is 11.3. The topological polar surface area (TPSA) is 33.7 Å². The highest BCUT2D eigenvalue weighted by molar-refractivity contribution is 5.48. The van der Waals surface area contributed by atoms with E-state index in [1.807, 2.05) is 12.1 Å². The van der Waals surface area contributed by atoms with Crippen molar-refractivity contribution in [2.75, 3.05) is 20.4 Å². The molecule has 23 heavy (non-hydrogen) atoms. The van der Waals surface area contributed by atoms with Crippen molar-refractivity contribution in [3.8, 4) is 11.5 Å². The molecule has 1 N–H and O–H groups in total. The Morgan fingerprint density at radius 1 is 1.04 bits per heavy atom. The van der Waals surface area contributed by atoms with Crippen molar-refractivity contribution in [1.29, 1.82) is 0 Å². The van der Waals surface area contributed by atoms with Crippen molar-refractivity contribution in [1.82, 2.24) is 10.2 Å². The summed E-state index contributed by atoms with van der Waals surface area (Å²) >= 11 is 0. The molecule has 122 valence electrons. The van der Waals surface area contributed by atoms with Crippen molar-refractivity contribution >= 4 is 0 Å². The number of fused-ring (bicyclic) bond motifs is 1. The predicted molar refractivity (Wildman–Crippen MR) is 91.6 cm³/mol. The Morgan fingerprint density at radius 2 is 1.87 bits per heavy atom. The first kappa shape index (κ1) is 15.8. The Kier molecular flexibility index (Phi) is 5.16. The third-order valence-corrected chi connectivity index (χ3v) is 4.11. The quantitative estimate of drug-likeness (QED) is 0.851. The van der Waals surface area contributed by atoms with Gasteiger partial charge in [-0.05, 0) is 30.8 Å². The van der Waals surface area contributed by atoms with Crippen LogP contribution < -0.4 is 14.8 Å². The van der Waals surface area contributed by atoms with Crippen LogP contribution in [-0.4, -0.2) is 25.3 Å². The van der Waals surface area contributed by atoms with Crippen LogP contribution in [0.25, 0.3) is 0 Å². The molecule has 1 aliphatic heterocycles. The maximum absolute atomic E-state index is 5.54. The molecular weight excluding hydrogens is 288 g/mol. The van der Waals surface area contributed by atoms with E-state index in [1.54, 1.807) is 0 Å². The predicted octanol–water partition coefficient (Wildman–Crippen LogP) is 3.16. The van der Waals surface area contributed by atoms with Crippen LogP contribution in [0.4, 0.5) is 0 Å². The van der Waals surface area contributed by atoms with Crippen LogP contribution in [0.3, 0.4) is 0 Å². The largest absolute Gasteiger partial charge is 0.454 e. The molecule has 0 bridgehead atoms. The Labute approximate surface area is 138 Å². The van der Waals surface area contributed by atoms with E-state index in [0.29, 0.717) is 6.79 Å². The summed E-state index contributed by atoms with van der Waals surface area (Å²) in [5.74, 6) is 1.72. The SMILES string of the molecule is CCN(C)Cc1cccc(CNCc2cccc3c2OCO3)c1. The molecule has 4 heteroatoms. The van der Waals surface area contributed by atoms with Crippen LogP contribution in [0.5, 0.6) is 11.5 Å². The first-order valence-corrected chi connectivity index (χ1v) is 8.11. The van der Waals surface area contributed by atoms with Crippen molar-refractivity contribution in [2.24, 2.45) is 0 Å². The van der Waals surface area contributed by atoms with Gasteiger partial charge in [0.2, 0.25) is 6.79 Å². The van der Waals surface area contributed by atoms with E-state index in [4.69, 9.17) is 9.47 Å². The highest BCUT2D eigenvalue weighted by Gasteiger charge is 2.16. The maximum atomic E-state index is 5.54. The molecule has 4 nitrogen and oxygen atoms in total. The second-order valence-electron chi connectivity index (χ2n) is 5.90. The minimum absolute atomic E-state index is 0.319. The average Bonchev–Trinajstić information content (AvgIpc) is 3.04. The summed E-state index contributed by atoms with van der Waals surface area (Å²) in [7, 11) is 2.14. The van der Waals surface area contributed by atoms with Gasteiger partial charge in [0.05, 0.1) is 0 Å². The van der Waals surface area contributed by atoms with E-state index in [2.05, 4.69) is 54.5 Å². The van der Waals surface area contributed by atoms with Gasteiger partial charge in [-0.2, -0.15) is 0 Å². The van der Waals surface area contributed by atoms with Gasteiger partial charge >= 0.3 is 0 Å². The summed E-state index contributed by atoms with van der Waals surface area (Å²) in [5.41, 5.74) is 3.80. The van der Waals surface area contributed by atoms with Gasteiger partial charge in [0.15, 0.2) is 11.5 Å². The van der Waals surface area contributed by atoms with Gasteiger partial charge in [0.25, 0.3) is 0 Å². The summed E-state index contributed by atoms with van der Waals surface area (Å²) in [6, 6.07) is 14.8. The van der Waals surface area contributed by atoms with Crippen LogP contribution in [-0.2, 0) is 19.6 Å². The zero-order chi connectivity index (χ0) is 16.1. The molecule has 1 heterocycles. The van der Waals surface area contributed by atoms with E-state index >= 15 is 0 Å². The summed E-state index contributed by atoms with van der Waals surface area (Å²) < 4.78 is 11.0. The van der Waals surface area contributed by atoms with Crippen molar-refractivity contribution in [3.05, 3.63) is 59.2 Å². The van der Waals surface area contributed by atoms with Gasteiger partial charge in [0, 0.05) is 25.2 Å². The fraction of sp³-hybridized carbons (Fsp3) is 0.368. The molecule has 0 aliphatic carbocycles. The lowest BCUT2D eigenvalue weighted by Crippen LogP contribution is -2.17. The number of benzene rings is 2. The number of hydrogen-bond donors (Lipinski definition) is 1.